The first kappa shape index (κ1) is 13.8. The zero-order valence-corrected chi connectivity index (χ0v) is 10.9. The highest BCUT2D eigenvalue weighted by Crippen LogP contribution is 2.37. The smallest absolute Gasteiger partial charge is 0.153 e. The van der Waals surface area contributed by atoms with Gasteiger partial charge >= 0.3 is 0 Å². The summed E-state index contributed by atoms with van der Waals surface area (Å²) in [4.78, 5) is 10.8. The van der Waals surface area contributed by atoms with Crippen LogP contribution in [-0.4, -0.2) is 11.4 Å². The fourth-order valence-electron chi connectivity index (χ4n) is 2.31. The maximum absolute atomic E-state index is 10.8. The van der Waals surface area contributed by atoms with E-state index < -0.39 is 0 Å². The molecule has 1 rings (SSSR count). The zero-order valence-electron chi connectivity index (χ0n) is 10.9. The summed E-state index contributed by atoms with van der Waals surface area (Å²) < 4.78 is 0. The van der Waals surface area contributed by atoms with Gasteiger partial charge in [0, 0.05) is 0 Å². The molecule has 0 aromatic heterocycles. The number of hydrogen-bond donors (Lipinski definition) is 1. The Morgan fingerprint density at radius 1 is 1.29 bits per heavy atom. The van der Waals surface area contributed by atoms with Crippen LogP contribution >= 0.6 is 0 Å². The molecule has 0 atom stereocenters. The molecule has 0 spiro atoms. The first-order chi connectivity index (χ1) is 7.65. The third-order valence-electron chi connectivity index (χ3n) is 2.83. The van der Waals surface area contributed by atoms with E-state index in [1.165, 1.54) is 0 Å². The number of carbonyl (C=O) groups excluding carboxylic acids is 1. The number of carbonyl (C=O) groups is 1. The highest BCUT2D eigenvalue weighted by atomic mass is 16.3. The van der Waals surface area contributed by atoms with E-state index in [2.05, 4.69) is 13.8 Å². The van der Waals surface area contributed by atoms with Crippen LogP contribution < -0.4 is 0 Å². The Kier molecular flexibility index (Phi) is 3.65. The molecule has 92 valence electrons. The minimum Gasteiger partial charge on any atom is -0.507 e. The van der Waals surface area contributed by atoms with Gasteiger partial charge in [-0.2, -0.15) is 0 Å². The summed E-state index contributed by atoms with van der Waals surface area (Å²) in [6, 6.07) is 5.13. The van der Waals surface area contributed by atoms with Crippen LogP contribution in [-0.2, 0) is 5.41 Å². The van der Waals surface area contributed by atoms with Crippen LogP contribution in [0.15, 0.2) is 18.2 Å². The average Bonchev–Trinajstić information content (AvgIpc) is 2.14. The standard InChI is InChI=1S/C15H20O2/c1-14(2,3)10-15(4,5)12-6-7-13(17)11(8-12)9-16/h1,6-9,17H,10H2,2-5H3. The minimum absolute atomic E-state index is 0.0200. The molecule has 1 aromatic carbocycles. The van der Waals surface area contributed by atoms with Gasteiger partial charge in [0.15, 0.2) is 6.29 Å². The maximum atomic E-state index is 10.8. The van der Waals surface area contributed by atoms with Crippen molar-refractivity contribution in [1.29, 1.82) is 0 Å². The van der Waals surface area contributed by atoms with Crippen LogP contribution in [0.2, 0.25) is 0 Å². The van der Waals surface area contributed by atoms with Crippen molar-refractivity contribution in [3.05, 3.63) is 36.2 Å². The van der Waals surface area contributed by atoms with Crippen LogP contribution in [0.5, 0.6) is 5.75 Å². The Bertz CT molecular complexity index is 411. The van der Waals surface area contributed by atoms with Crippen molar-refractivity contribution >= 4 is 6.29 Å². The number of phenols is 1. The van der Waals surface area contributed by atoms with Crippen LogP contribution in [0, 0.1) is 12.3 Å². The predicted octanol–water partition coefficient (Wildman–Crippen LogP) is 3.61. The summed E-state index contributed by atoms with van der Waals surface area (Å²) >= 11 is 0. The SMILES string of the molecule is [CH]C(C)(C)CC(C)(C)c1ccc(O)c(C=O)c1. The molecule has 0 bridgehead atoms. The summed E-state index contributed by atoms with van der Waals surface area (Å²) in [6.07, 6.45) is 1.46. The Labute approximate surface area is 104 Å². The monoisotopic (exact) mass is 232 g/mol. The average molecular weight is 232 g/mol. The second-order valence-corrected chi connectivity index (χ2v) is 5.94. The minimum atomic E-state index is -0.275. The molecule has 0 heterocycles. The third kappa shape index (κ3) is 3.58. The molecular formula is C15H20O2. The molecule has 1 N–H and O–H groups in total. The number of benzene rings is 1. The summed E-state index contributed by atoms with van der Waals surface area (Å²) in [5, 5.41) is 9.48. The highest BCUT2D eigenvalue weighted by molar-refractivity contribution is 5.79. The highest BCUT2D eigenvalue weighted by Gasteiger charge is 2.27. The first-order valence-corrected chi connectivity index (χ1v) is 5.73. The van der Waals surface area contributed by atoms with Crippen molar-refractivity contribution in [2.45, 2.75) is 39.5 Å². The van der Waals surface area contributed by atoms with Crippen molar-refractivity contribution < 1.29 is 9.90 Å². The molecule has 0 fully saturated rings. The van der Waals surface area contributed by atoms with Crippen LogP contribution in [0.3, 0.4) is 0 Å². The Morgan fingerprint density at radius 2 is 1.88 bits per heavy atom. The molecular weight excluding hydrogens is 212 g/mol. The summed E-state index contributed by atoms with van der Waals surface area (Å²) in [6.45, 7) is 14.2. The van der Waals surface area contributed by atoms with Crippen LogP contribution in [0.25, 0.3) is 0 Å². The van der Waals surface area contributed by atoms with Crippen LogP contribution in [0.1, 0.15) is 50.0 Å². The topological polar surface area (TPSA) is 37.3 Å². The molecule has 0 saturated carbocycles. The van der Waals surface area contributed by atoms with Crippen LogP contribution in [0.4, 0.5) is 0 Å². The zero-order chi connectivity index (χ0) is 13.3. The molecule has 2 heteroatoms. The number of hydrogen-bond acceptors (Lipinski definition) is 2. The number of phenolic OH excluding ortho intramolecular Hbond substituents is 1. The molecule has 0 saturated heterocycles. The van der Waals surface area contributed by atoms with Crippen molar-refractivity contribution in [3.63, 3.8) is 0 Å². The predicted molar refractivity (Wildman–Crippen MR) is 69.2 cm³/mol. The second-order valence-electron chi connectivity index (χ2n) is 5.94. The van der Waals surface area contributed by atoms with Gasteiger partial charge in [-0.05, 0) is 41.9 Å². The van der Waals surface area contributed by atoms with Crippen molar-refractivity contribution in [1.82, 2.24) is 0 Å². The van der Waals surface area contributed by atoms with E-state index in [0.29, 0.717) is 11.8 Å². The largest absolute Gasteiger partial charge is 0.507 e. The molecule has 1 aromatic rings. The normalized spacial score (nSPS) is 12.5. The molecule has 0 unspecified atom stereocenters. The van der Waals surface area contributed by atoms with E-state index in [1.807, 2.05) is 19.9 Å². The second kappa shape index (κ2) is 4.52. The molecule has 17 heavy (non-hydrogen) atoms. The van der Waals surface area contributed by atoms with Gasteiger partial charge in [0.25, 0.3) is 0 Å². The van der Waals surface area contributed by atoms with Gasteiger partial charge in [-0.3, -0.25) is 4.79 Å². The van der Waals surface area contributed by atoms with Gasteiger partial charge in [-0.15, -0.1) is 0 Å². The van der Waals surface area contributed by atoms with Gasteiger partial charge in [0.05, 0.1) is 5.56 Å². The lowest BCUT2D eigenvalue weighted by molar-refractivity contribution is 0.112. The fraction of sp³-hybridized carbons (Fsp3) is 0.467. The first-order valence-electron chi connectivity index (χ1n) is 5.73. The Balaban J connectivity index is 3.11. The molecule has 0 aliphatic heterocycles. The van der Waals surface area contributed by atoms with E-state index in [0.717, 1.165) is 12.0 Å². The number of rotatable bonds is 4. The lowest BCUT2D eigenvalue weighted by Crippen LogP contribution is -2.25. The quantitative estimate of drug-likeness (QED) is 0.805. The third-order valence-corrected chi connectivity index (χ3v) is 2.83. The van der Waals surface area contributed by atoms with Gasteiger partial charge < -0.3 is 5.11 Å². The maximum Gasteiger partial charge on any atom is 0.153 e. The van der Waals surface area contributed by atoms with Crippen molar-refractivity contribution in [3.8, 4) is 5.75 Å². The Hall–Kier alpha value is -1.31. The lowest BCUT2D eigenvalue weighted by atomic mass is 9.72. The molecule has 2 nitrogen and oxygen atoms in total. The van der Waals surface area contributed by atoms with Gasteiger partial charge in [0.2, 0.25) is 0 Å². The van der Waals surface area contributed by atoms with E-state index >= 15 is 0 Å². The summed E-state index contributed by atoms with van der Waals surface area (Å²) in [5.74, 6) is 0.0200. The lowest BCUT2D eigenvalue weighted by Gasteiger charge is -2.33. The van der Waals surface area contributed by atoms with Gasteiger partial charge in [0.1, 0.15) is 5.75 Å². The van der Waals surface area contributed by atoms with Gasteiger partial charge in [-0.25, -0.2) is 0 Å². The van der Waals surface area contributed by atoms with E-state index in [9.17, 15) is 9.90 Å². The summed E-state index contributed by atoms with van der Waals surface area (Å²) in [5.41, 5.74) is 0.924. The van der Waals surface area contributed by atoms with E-state index in [-0.39, 0.29) is 16.6 Å². The number of aldehydes is 1. The fourth-order valence-corrected chi connectivity index (χ4v) is 2.31. The number of aromatic hydroxyl groups is 1. The molecule has 0 aliphatic carbocycles. The van der Waals surface area contributed by atoms with E-state index in [1.54, 1.807) is 12.1 Å². The Morgan fingerprint density at radius 3 is 2.35 bits per heavy atom. The van der Waals surface area contributed by atoms with Crippen molar-refractivity contribution in [2.75, 3.05) is 0 Å². The summed E-state index contributed by atoms with van der Waals surface area (Å²) in [7, 11) is 0. The molecule has 0 amide bonds. The van der Waals surface area contributed by atoms with Gasteiger partial charge in [-0.1, -0.05) is 33.8 Å². The molecule has 2 radical (unpaired) electrons. The molecule has 0 aliphatic rings. The van der Waals surface area contributed by atoms with Crippen molar-refractivity contribution in [2.24, 2.45) is 5.41 Å². The van der Waals surface area contributed by atoms with E-state index in [4.69, 9.17) is 6.92 Å².